The molecule has 3 amide bonds. The second kappa shape index (κ2) is 22.8. The van der Waals surface area contributed by atoms with Gasteiger partial charge >= 0.3 is 12.2 Å². The zero-order chi connectivity index (χ0) is 34.3. The van der Waals surface area contributed by atoms with E-state index < -0.39 is 36.0 Å². The molecule has 0 aliphatic carbocycles. The number of nitrogens with zero attached hydrogens (tertiary/aromatic N) is 2. The van der Waals surface area contributed by atoms with Gasteiger partial charge in [-0.3, -0.25) is 14.6 Å². The highest BCUT2D eigenvalue weighted by Gasteiger charge is 2.28. The van der Waals surface area contributed by atoms with Gasteiger partial charge in [-0.05, 0) is 43.2 Å². The first-order valence-electron chi connectivity index (χ1n) is 15.9. The van der Waals surface area contributed by atoms with E-state index in [1.54, 1.807) is 4.90 Å². The molecule has 0 bridgehead atoms. The van der Waals surface area contributed by atoms with Crippen molar-refractivity contribution in [3.05, 3.63) is 71.8 Å². The number of rotatable bonds is 22. The van der Waals surface area contributed by atoms with Gasteiger partial charge in [-0.25, -0.2) is 9.59 Å². The molecule has 0 saturated heterocycles. The number of carbonyl (C=O) groups excluding carboxylic acids is 4. The van der Waals surface area contributed by atoms with Crippen LogP contribution in [-0.4, -0.2) is 84.7 Å². The number of alkyl carbamates (subject to hydrolysis) is 1. The predicted molar refractivity (Wildman–Crippen MR) is 178 cm³/mol. The fourth-order valence-corrected chi connectivity index (χ4v) is 4.39. The van der Waals surface area contributed by atoms with Crippen molar-refractivity contribution < 1.29 is 33.8 Å². The van der Waals surface area contributed by atoms with Crippen LogP contribution >= 0.6 is 0 Å². The molecule has 0 aromatic heterocycles. The third-order valence-electron chi connectivity index (χ3n) is 7.06. The molecule has 0 spiro atoms. The summed E-state index contributed by atoms with van der Waals surface area (Å²) in [4.78, 5) is 55.1. The van der Waals surface area contributed by atoms with Crippen LogP contribution in [-0.2, 0) is 32.3 Å². The molecule has 9 N–H and O–H groups in total. The number of aliphatic hydroxyl groups excluding tert-OH is 1. The van der Waals surface area contributed by atoms with Crippen molar-refractivity contribution in [1.82, 2.24) is 15.5 Å². The van der Waals surface area contributed by atoms with Gasteiger partial charge in [-0.2, -0.15) is 0 Å². The number of hydrogen-bond acceptors (Lipinski definition) is 9. The lowest BCUT2D eigenvalue weighted by molar-refractivity contribution is -0.135. The van der Waals surface area contributed by atoms with E-state index in [1.165, 1.54) is 0 Å². The topological polar surface area (TPSA) is 225 Å². The third-order valence-corrected chi connectivity index (χ3v) is 7.06. The number of aliphatic imine (C=N–C) groups is 1. The van der Waals surface area contributed by atoms with Crippen molar-refractivity contribution >= 4 is 29.8 Å². The van der Waals surface area contributed by atoms with E-state index in [1.807, 2.05) is 60.7 Å². The maximum atomic E-state index is 12.9. The van der Waals surface area contributed by atoms with Crippen LogP contribution < -0.4 is 27.8 Å². The summed E-state index contributed by atoms with van der Waals surface area (Å²) in [6, 6.07) is 17.3. The summed E-state index contributed by atoms with van der Waals surface area (Å²) >= 11 is 0. The van der Waals surface area contributed by atoms with Crippen LogP contribution in [0.3, 0.4) is 0 Å². The quantitative estimate of drug-likeness (QED) is 0.0614. The van der Waals surface area contributed by atoms with E-state index in [9.17, 15) is 24.3 Å². The minimum absolute atomic E-state index is 0.0133. The largest absolute Gasteiger partial charge is 0.445 e. The third kappa shape index (κ3) is 17.0. The molecule has 0 radical (unpaired) electrons. The molecule has 0 aliphatic heterocycles. The SMILES string of the molecule is NC(N)=NCCCCCC(=O)C(N)C(O)C(=O)NCCCCN(CCCNC(=O)OCc1ccccc1)C(=O)OCc1ccccc1. The highest BCUT2D eigenvalue weighted by atomic mass is 16.6. The van der Waals surface area contributed by atoms with Crippen LogP contribution in [0.2, 0.25) is 0 Å². The standard InChI is InChI=1S/C33H49N7O7/c34-28(27(41)17-8-3-9-19-38-31(35)36)29(42)30(43)37-18-10-11-21-40(33(45)47-24-26-15-6-2-7-16-26)22-12-20-39-32(44)46-23-25-13-4-1-5-14-25/h1-2,4-7,13-16,28-29,42H,3,8-12,17-24,34H2,(H,37,43)(H,39,44)(H4,35,36,38). The first-order valence-corrected chi connectivity index (χ1v) is 15.9. The Balaban J connectivity index is 1.72. The van der Waals surface area contributed by atoms with Crippen molar-refractivity contribution in [2.24, 2.45) is 22.2 Å². The van der Waals surface area contributed by atoms with Gasteiger partial charge in [-0.15, -0.1) is 0 Å². The number of carbonyl (C=O) groups is 4. The second-order valence-corrected chi connectivity index (χ2v) is 10.9. The number of benzene rings is 2. The lowest BCUT2D eigenvalue weighted by Crippen LogP contribution is -2.50. The molecule has 14 heteroatoms. The summed E-state index contributed by atoms with van der Waals surface area (Å²) in [6.45, 7) is 1.90. The van der Waals surface area contributed by atoms with Gasteiger partial charge < -0.3 is 47.3 Å². The van der Waals surface area contributed by atoms with E-state index >= 15 is 0 Å². The Bertz CT molecular complexity index is 1240. The zero-order valence-corrected chi connectivity index (χ0v) is 26.9. The van der Waals surface area contributed by atoms with E-state index in [-0.39, 0.29) is 32.1 Å². The van der Waals surface area contributed by atoms with Gasteiger partial charge in [0, 0.05) is 39.1 Å². The maximum absolute atomic E-state index is 12.9. The fraction of sp³-hybridized carbons (Fsp3) is 0.485. The highest BCUT2D eigenvalue weighted by molar-refractivity contribution is 5.92. The van der Waals surface area contributed by atoms with Crippen LogP contribution in [0, 0.1) is 0 Å². The highest BCUT2D eigenvalue weighted by Crippen LogP contribution is 2.07. The van der Waals surface area contributed by atoms with Crippen molar-refractivity contribution in [2.75, 3.05) is 32.7 Å². The predicted octanol–water partition coefficient (Wildman–Crippen LogP) is 1.93. The fourth-order valence-electron chi connectivity index (χ4n) is 4.39. The number of nitrogens with one attached hydrogen (secondary N) is 2. The van der Waals surface area contributed by atoms with Gasteiger partial charge in [0.2, 0.25) is 0 Å². The Kier molecular flexibility index (Phi) is 18.6. The van der Waals surface area contributed by atoms with Crippen molar-refractivity contribution in [2.45, 2.75) is 70.3 Å². The Labute approximate surface area is 276 Å². The molecule has 0 heterocycles. The summed E-state index contributed by atoms with van der Waals surface area (Å²) in [5.41, 5.74) is 18.1. The van der Waals surface area contributed by atoms with Crippen LogP contribution in [0.15, 0.2) is 65.7 Å². The molecule has 0 aliphatic rings. The van der Waals surface area contributed by atoms with Gasteiger partial charge in [0.1, 0.15) is 13.2 Å². The number of hydrogen-bond donors (Lipinski definition) is 6. The normalized spacial score (nSPS) is 11.9. The average Bonchev–Trinajstić information content (AvgIpc) is 3.08. The molecule has 2 aromatic rings. The molecule has 0 saturated carbocycles. The molecule has 2 aromatic carbocycles. The maximum Gasteiger partial charge on any atom is 0.410 e. The van der Waals surface area contributed by atoms with Gasteiger partial charge in [0.25, 0.3) is 5.91 Å². The summed E-state index contributed by atoms with van der Waals surface area (Å²) in [5, 5.41) is 15.5. The summed E-state index contributed by atoms with van der Waals surface area (Å²) in [6.07, 6.45) is 0.836. The summed E-state index contributed by atoms with van der Waals surface area (Å²) < 4.78 is 10.7. The van der Waals surface area contributed by atoms with Gasteiger partial charge in [-0.1, -0.05) is 67.1 Å². The second-order valence-electron chi connectivity index (χ2n) is 10.9. The monoisotopic (exact) mass is 655 g/mol. The van der Waals surface area contributed by atoms with E-state index in [4.69, 9.17) is 26.7 Å². The van der Waals surface area contributed by atoms with Crippen molar-refractivity contribution in [3.63, 3.8) is 0 Å². The minimum Gasteiger partial charge on any atom is -0.445 e. The molecule has 47 heavy (non-hydrogen) atoms. The summed E-state index contributed by atoms with van der Waals surface area (Å²) in [5.74, 6) is -1.12. The van der Waals surface area contributed by atoms with Crippen LogP contribution in [0.1, 0.15) is 56.1 Å². The zero-order valence-electron chi connectivity index (χ0n) is 26.9. The first kappa shape index (κ1) is 38.5. The number of amides is 3. The lowest BCUT2D eigenvalue weighted by Gasteiger charge is -2.22. The van der Waals surface area contributed by atoms with Crippen LogP contribution in [0.4, 0.5) is 9.59 Å². The number of ketones is 1. The van der Waals surface area contributed by atoms with Crippen molar-refractivity contribution in [3.8, 4) is 0 Å². The van der Waals surface area contributed by atoms with Gasteiger partial charge in [0.05, 0.1) is 6.04 Å². The molecule has 2 atom stereocenters. The van der Waals surface area contributed by atoms with E-state index in [0.29, 0.717) is 64.7 Å². The number of Topliss-reactive ketones (excluding diaryl/α,β-unsaturated/α-hetero) is 1. The first-order chi connectivity index (χ1) is 22.7. The summed E-state index contributed by atoms with van der Waals surface area (Å²) in [7, 11) is 0. The number of nitrogens with two attached hydrogens (primary N) is 3. The smallest absolute Gasteiger partial charge is 0.410 e. The average molecular weight is 656 g/mol. The molecule has 14 nitrogen and oxygen atoms in total. The number of unbranched alkanes of at least 4 members (excludes halogenated alkanes) is 3. The van der Waals surface area contributed by atoms with E-state index in [0.717, 1.165) is 11.1 Å². The van der Waals surface area contributed by atoms with Crippen LogP contribution in [0.25, 0.3) is 0 Å². The van der Waals surface area contributed by atoms with E-state index in [2.05, 4.69) is 15.6 Å². The van der Waals surface area contributed by atoms with Crippen LogP contribution in [0.5, 0.6) is 0 Å². The minimum atomic E-state index is -1.67. The lowest BCUT2D eigenvalue weighted by atomic mass is 10.0. The number of aliphatic hydroxyl groups is 1. The Morgan fingerprint density at radius 2 is 1.36 bits per heavy atom. The Morgan fingerprint density at radius 1 is 0.766 bits per heavy atom. The number of ether oxygens (including phenoxy) is 2. The molecule has 2 unspecified atom stereocenters. The molecule has 2 rings (SSSR count). The molecular weight excluding hydrogens is 606 g/mol. The van der Waals surface area contributed by atoms with Crippen molar-refractivity contribution in [1.29, 1.82) is 0 Å². The molecular formula is C33H49N7O7. The Morgan fingerprint density at radius 3 is 2.00 bits per heavy atom. The molecule has 258 valence electrons. The molecule has 0 fully saturated rings. The Hall–Kier alpha value is -4.69. The van der Waals surface area contributed by atoms with Gasteiger partial charge in [0.15, 0.2) is 17.8 Å². The number of guanidine groups is 1.